The Morgan fingerprint density at radius 2 is 2.05 bits per heavy atom. The predicted octanol–water partition coefficient (Wildman–Crippen LogP) is 1.56. The molecule has 1 aromatic heterocycles. The van der Waals surface area contributed by atoms with E-state index < -0.39 is 6.10 Å². The fourth-order valence-electron chi connectivity index (χ4n) is 2.11. The Labute approximate surface area is 119 Å². The van der Waals surface area contributed by atoms with E-state index in [0.29, 0.717) is 13.1 Å². The zero-order valence-corrected chi connectivity index (χ0v) is 12.1. The van der Waals surface area contributed by atoms with Gasteiger partial charge in [-0.3, -0.25) is 4.68 Å². The third-order valence-electron chi connectivity index (χ3n) is 3.27. The second-order valence-electron chi connectivity index (χ2n) is 4.83. The van der Waals surface area contributed by atoms with Crippen molar-refractivity contribution >= 4 is 0 Å². The molecule has 0 saturated carbocycles. The molecule has 0 fully saturated rings. The molecule has 0 saturated heterocycles. The Balaban J connectivity index is 1.85. The first-order chi connectivity index (χ1) is 9.60. The summed E-state index contributed by atoms with van der Waals surface area (Å²) >= 11 is 0. The highest BCUT2D eigenvalue weighted by molar-refractivity contribution is 5.28. The number of aliphatic hydroxyl groups is 1. The lowest BCUT2D eigenvalue weighted by molar-refractivity contribution is 0.174. The number of methoxy groups -OCH3 is 1. The van der Waals surface area contributed by atoms with E-state index in [1.54, 1.807) is 11.8 Å². The molecule has 0 aliphatic heterocycles. The molecule has 2 N–H and O–H groups in total. The van der Waals surface area contributed by atoms with Gasteiger partial charge in [0, 0.05) is 31.9 Å². The molecule has 0 spiro atoms. The van der Waals surface area contributed by atoms with Crippen LogP contribution in [0.3, 0.4) is 0 Å². The summed E-state index contributed by atoms with van der Waals surface area (Å²) in [7, 11) is 3.53. The number of hydrogen-bond donors (Lipinski definition) is 2. The minimum atomic E-state index is -0.530. The van der Waals surface area contributed by atoms with Gasteiger partial charge in [-0.2, -0.15) is 5.10 Å². The first kappa shape index (κ1) is 14.6. The molecule has 108 valence electrons. The van der Waals surface area contributed by atoms with Gasteiger partial charge in [0.25, 0.3) is 0 Å². The molecular weight excluding hydrogens is 254 g/mol. The summed E-state index contributed by atoms with van der Waals surface area (Å²) in [5.74, 6) is 0.792. The SMILES string of the molecule is COc1ccc(C(O)CNCc2cn(C)nc2C)cc1. The van der Waals surface area contributed by atoms with Crippen LogP contribution in [0.2, 0.25) is 0 Å². The Bertz CT molecular complexity index is 549. The van der Waals surface area contributed by atoms with Crippen LogP contribution in [0.4, 0.5) is 0 Å². The van der Waals surface area contributed by atoms with Crippen molar-refractivity contribution in [3.05, 3.63) is 47.3 Å². The fourth-order valence-corrected chi connectivity index (χ4v) is 2.11. The summed E-state index contributed by atoms with van der Waals surface area (Å²) in [5, 5.41) is 17.6. The maximum absolute atomic E-state index is 10.1. The zero-order chi connectivity index (χ0) is 14.5. The number of rotatable bonds is 6. The first-order valence-corrected chi connectivity index (χ1v) is 6.62. The van der Waals surface area contributed by atoms with Gasteiger partial charge in [-0.25, -0.2) is 0 Å². The van der Waals surface area contributed by atoms with Crippen LogP contribution in [0.1, 0.15) is 22.9 Å². The summed E-state index contributed by atoms with van der Waals surface area (Å²) < 4.78 is 6.89. The molecule has 0 radical (unpaired) electrons. The highest BCUT2D eigenvalue weighted by Crippen LogP contribution is 2.17. The van der Waals surface area contributed by atoms with E-state index in [1.165, 1.54) is 0 Å². The smallest absolute Gasteiger partial charge is 0.118 e. The molecule has 0 aliphatic rings. The first-order valence-electron chi connectivity index (χ1n) is 6.62. The van der Waals surface area contributed by atoms with Crippen molar-refractivity contribution < 1.29 is 9.84 Å². The van der Waals surface area contributed by atoms with Gasteiger partial charge >= 0.3 is 0 Å². The van der Waals surface area contributed by atoms with E-state index in [0.717, 1.165) is 22.6 Å². The summed E-state index contributed by atoms with van der Waals surface area (Å²) in [6.07, 6.45) is 1.46. The van der Waals surface area contributed by atoms with Crippen LogP contribution < -0.4 is 10.1 Å². The van der Waals surface area contributed by atoms with E-state index in [1.807, 2.05) is 44.4 Å². The van der Waals surface area contributed by atoms with Crippen molar-refractivity contribution in [1.29, 1.82) is 0 Å². The monoisotopic (exact) mass is 275 g/mol. The van der Waals surface area contributed by atoms with Crippen LogP contribution in [0.5, 0.6) is 5.75 Å². The molecule has 2 aromatic rings. The summed E-state index contributed by atoms with van der Waals surface area (Å²) in [6, 6.07) is 7.45. The van der Waals surface area contributed by atoms with Crippen molar-refractivity contribution in [3.63, 3.8) is 0 Å². The molecule has 20 heavy (non-hydrogen) atoms. The Morgan fingerprint density at radius 3 is 2.60 bits per heavy atom. The Kier molecular flexibility index (Phi) is 4.76. The molecular formula is C15H21N3O2. The number of ether oxygens (including phenoxy) is 1. The van der Waals surface area contributed by atoms with E-state index in [-0.39, 0.29) is 0 Å². The van der Waals surface area contributed by atoms with Crippen molar-refractivity contribution in [2.45, 2.75) is 19.6 Å². The average molecular weight is 275 g/mol. The van der Waals surface area contributed by atoms with Crippen LogP contribution in [0.25, 0.3) is 0 Å². The highest BCUT2D eigenvalue weighted by atomic mass is 16.5. The third kappa shape index (κ3) is 3.59. The summed E-state index contributed by atoms with van der Waals surface area (Å²) in [5.41, 5.74) is 3.04. The minimum absolute atomic E-state index is 0.501. The average Bonchev–Trinajstić information content (AvgIpc) is 2.77. The highest BCUT2D eigenvalue weighted by Gasteiger charge is 2.08. The van der Waals surface area contributed by atoms with Crippen molar-refractivity contribution in [3.8, 4) is 5.75 Å². The fraction of sp³-hybridized carbons (Fsp3) is 0.400. The van der Waals surface area contributed by atoms with E-state index >= 15 is 0 Å². The van der Waals surface area contributed by atoms with E-state index in [9.17, 15) is 5.11 Å². The summed E-state index contributed by atoms with van der Waals surface area (Å²) in [6.45, 7) is 3.18. The van der Waals surface area contributed by atoms with Gasteiger partial charge in [-0.1, -0.05) is 12.1 Å². The van der Waals surface area contributed by atoms with Gasteiger partial charge in [0.1, 0.15) is 5.75 Å². The largest absolute Gasteiger partial charge is 0.497 e. The zero-order valence-electron chi connectivity index (χ0n) is 12.1. The molecule has 0 bridgehead atoms. The normalized spacial score (nSPS) is 12.4. The van der Waals surface area contributed by atoms with Crippen LogP contribution in [0.15, 0.2) is 30.5 Å². The number of hydrogen-bond acceptors (Lipinski definition) is 4. The lowest BCUT2D eigenvalue weighted by Crippen LogP contribution is -2.21. The molecule has 1 heterocycles. The van der Waals surface area contributed by atoms with Crippen molar-refractivity contribution in [2.75, 3.05) is 13.7 Å². The molecule has 0 amide bonds. The number of aliphatic hydroxyl groups excluding tert-OH is 1. The lowest BCUT2D eigenvalue weighted by Gasteiger charge is -2.12. The molecule has 1 aromatic carbocycles. The minimum Gasteiger partial charge on any atom is -0.497 e. The topological polar surface area (TPSA) is 59.3 Å². The van der Waals surface area contributed by atoms with Crippen LogP contribution >= 0.6 is 0 Å². The van der Waals surface area contributed by atoms with Crippen LogP contribution in [0, 0.1) is 6.92 Å². The maximum atomic E-state index is 10.1. The number of nitrogens with one attached hydrogen (secondary N) is 1. The van der Waals surface area contributed by atoms with Gasteiger partial charge in [0.05, 0.1) is 18.9 Å². The van der Waals surface area contributed by atoms with Crippen LogP contribution in [-0.2, 0) is 13.6 Å². The Hall–Kier alpha value is -1.85. The van der Waals surface area contributed by atoms with Gasteiger partial charge in [0.2, 0.25) is 0 Å². The second kappa shape index (κ2) is 6.54. The van der Waals surface area contributed by atoms with Gasteiger partial charge < -0.3 is 15.2 Å². The van der Waals surface area contributed by atoms with Crippen molar-refractivity contribution in [2.24, 2.45) is 7.05 Å². The van der Waals surface area contributed by atoms with Gasteiger partial charge in [-0.05, 0) is 24.6 Å². The van der Waals surface area contributed by atoms with Crippen molar-refractivity contribution in [1.82, 2.24) is 15.1 Å². The van der Waals surface area contributed by atoms with Gasteiger partial charge in [-0.15, -0.1) is 0 Å². The van der Waals surface area contributed by atoms with E-state index in [2.05, 4.69) is 10.4 Å². The third-order valence-corrected chi connectivity index (χ3v) is 3.27. The maximum Gasteiger partial charge on any atom is 0.118 e. The van der Waals surface area contributed by atoms with Gasteiger partial charge in [0.15, 0.2) is 0 Å². The molecule has 1 atom stereocenters. The molecule has 5 heteroatoms. The number of aromatic nitrogens is 2. The standard InChI is InChI=1S/C15H21N3O2/c1-11-13(10-18(2)17-11)8-16-9-15(19)12-4-6-14(20-3)7-5-12/h4-7,10,15-16,19H,8-9H2,1-3H3. The molecule has 0 aliphatic carbocycles. The second-order valence-corrected chi connectivity index (χ2v) is 4.83. The van der Waals surface area contributed by atoms with Crippen LogP contribution in [-0.4, -0.2) is 28.5 Å². The predicted molar refractivity (Wildman–Crippen MR) is 77.6 cm³/mol. The number of aryl methyl sites for hydroxylation is 2. The molecule has 1 unspecified atom stereocenters. The quantitative estimate of drug-likeness (QED) is 0.840. The van der Waals surface area contributed by atoms with E-state index in [4.69, 9.17) is 4.74 Å². The summed E-state index contributed by atoms with van der Waals surface area (Å²) in [4.78, 5) is 0. The Morgan fingerprint density at radius 1 is 1.35 bits per heavy atom. The number of benzene rings is 1. The lowest BCUT2D eigenvalue weighted by atomic mass is 10.1. The number of nitrogens with zero attached hydrogens (tertiary/aromatic N) is 2. The molecule has 5 nitrogen and oxygen atoms in total. The molecule has 2 rings (SSSR count).